The number of carbonyl (C=O) groups is 2. The lowest BCUT2D eigenvalue weighted by Gasteiger charge is -2.34. The highest BCUT2D eigenvalue weighted by molar-refractivity contribution is 5.76. The number of amides is 1. The maximum absolute atomic E-state index is 11.6. The molecule has 1 aliphatic rings. The Kier molecular flexibility index (Phi) is 5.25. The SMILES string of the molecule is CCCC(=O)N1CCN(CC(=O)OC)CC1. The van der Waals surface area contributed by atoms with E-state index in [-0.39, 0.29) is 11.9 Å². The van der Waals surface area contributed by atoms with Crippen LogP contribution < -0.4 is 0 Å². The predicted octanol–water partition coefficient (Wildman–Crippen LogP) is 0.104. The molecule has 1 saturated heterocycles. The predicted molar refractivity (Wildman–Crippen MR) is 59.9 cm³/mol. The molecular weight excluding hydrogens is 208 g/mol. The van der Waals surface area contributed by atoms with Crippen LogP contribution in [0.4, 0.5) is 0 Å². The van der Waals surface area contributed by atoms with Crippen LogP contribution >= 0.6 is 0 Å². The fourth-order valence-corrected chi connectivity index (χ4v) is 1.77. The highest BCUT2D eigenvalue weighted by Crippen LogP contribution is 2.04. The summed E-state index contributed by atoms with van der Waals surface area (Å²) in [6, 6.07) is 0. The minimum atomic E-state index is -0.215. The number of hydrogen-bond donors (Lipinski definition) is 0. The molecule has 0 N–H and O–H groups in total. The number of rotatable bonds is 4. The minimum absolute atomic E-state index is 0.215. The number of nitrogens with zero attached hydrogens (tertiary/aromatic N) is 2. The van der Waals surface area contributed by atoms with E-state index in [9.17, 15) is 9.59 Å². The van der Waals surface area contributed by atoms with Crippen molar-refractivity contribution in [3.05, 3.63) is 0 Å². The van der Waals surface area contributed by atoms with Gasteiger partial charge in [-0.25, -0.2) is 0 Å². The van der Waals surface area contributed by atoms with Gasteiger partial charge in [-0.05, 0) is 6.42 Å². The summed E-state index contributed by atoms with van der Waals surface area (Å²) in [7, 11) is 1.39. The lowest BCUT2D eigenvalue weighted by atomic mass is 10.2. The first kappa shape index (κ1) is 13.0. The molecule has 0 radical (unpaired) electrons. The van der Waals surface area contributed by atoms with Crippen molar-refractivity contribution in [3.8, 4) is 0 Å². The van der Waals surface area contributed by atoms with Crippen LogP contribution in [0.3, 0.4) is 0 Å². The van der Waals surface area contributed by atoms with Gasteiger partial charge in [0, 0.05) is 32.6 Å². The molecule has 0 aromatic heterocycles. The summed E-state index contributed by atoms with van der Waals surface area (Å²) in [6.45, 7) is 5.28. The van der Waals surface area contributed by atoms with E-state index in [1.54, 1.807) is 0 Å². The smallest absolute Gasteiger partial charge is 0.319 e. The van der Waals surface area contributed by atoms with Crippen LogP contribution in [0.5, 0.6) is 0 Å². The van der Waals surface area contributed by atoms with E-state index < -0.39 is 0 Å². The minimum Gasteiger partial charge on any atom is -0.468 e. The monoisotopic (exact) mass is 228 g/mol. The molecule has 0 aliphatic carbocycles. The second kappa shape index (κ2) is 6.48. The van der Waals surface area contributed by atoms with Gasteiger partial charge >= 0.3 is 5.97 Å². The van der Waals surface area contributed by atoms with Crippen molar-refractivity contribution >= 4 is 11.9 Å². The molecule has 92 valence electrons. The van der Waals surface area contributed by atoms with Gasteiger partial charge in [0.2, 0.25) is 5.91 Å². The molecule has 0 bridgehead atoms. The second-order valence-corrected chi connectivity index (χ2v) is 3.98. The van der Waals surface area contributed by atoms with Crippen LogP contribution in [0.15, 0.2) is 0 Å². The first-order valence-electron chi connectivity index (χ1n) is 5.74. The Labute approximate surface area is 96.3 Å². The fraction of sp³-hybridized carbons (Fsp3) is 0.818. The van der Waals surface area contributed by atoms with E-state index in [0.717, 1.165) is 32.6 Å². The summed E-state index contributed by atoms with van der Waals surface area (Å²) in [5.41, 5.74) is 0. The fourth-order valence-electron chi connectivity index (χ4n) is 1.77. The van der Waals surface area contributed by atoms with Gasteiger partial charge in [0.15, 0.2) is 0 Å². The largest absolute Gasteiger partial charge is 0.468 e. The van der Waals surface area contributed by atoms with Gasteiger partial charge in [0.05, 0.1) is 13.7 Å². The maximum Gasteiger partial charge on any atom is 0.319 e. The number of carbonyl (C=O) groups excluding carboxylic acids is 2. The summed E-state index contributed by atoms with van der Waals surface area (Å²) in [4.78, 5) is 26.5. The van der Waals surface area contributed by atoms with Gasteiger partial charge in [-0.1, -0.05) is 6.92 Å². The summed E-state index contributed by atoms with van der Waals surface area (Å²) < 4.78 is 4.60. The summed E-state index contributed by atoms with van der Waals surface area (Å²) in [5, 5.41) is 0. The molecule has 16 heavy (non-hydrogen) atoms. The quantitative estimate of drug-likeness (QED) is 0.641. The van der Waals surface area contributed by atoms with Crippen LogP contribution in [0, 0.1) is 0 Å². The van der Waals surface area contributed by atoms with Gasteiger partial charge in [-0.2, -0.15) is 0 Å². The van der Waals surface area contributed by atoms with Crippen LogP contribution in [0.1, 0.15) is 19.8 Å². The molecule has 0 saturated carbocycles. The number of piperazine rings is 1. The van der Waals surface area contributed by atoms with E-state index in [4.69, 9.17) is 0 Å². The molecule has 0 atom stereocenters. The van der Waals surface area contributed by atoms with E-state index in [1.807, 2.05) is 16.7 Å². The van der Waals surface area contributed by atoms with E-state index >= 15 is 0 Å². The standard InChI is InChI=1S/C11H20N2O3/c1-3-4-10(14)13-7-5-12(6-8-13)9-11(15)16-2/h3-9H2,1-2H3. The molecule has 0 aromatic rings. The third-order valence-electron chi connectivity index (χ3n) is 2.77. The van der Waals surface area contributed by atoms with E-state index in [0.29, 0.717) is 13.0 Å². The van der Waals surface area contributed by atoms with Crippen molar-refractivity contribution in [1.29, 1.82) is 0 Å². The van der Waals surface area contributed by atoms with E-state index in [1.165, 1.54) is 7.11 Å². The number of methoxy groups -OCH3 is 1. The molecule has 0 unspecified atom stereocenters. The first-order valence-corrected chi connectivity index (χ1v) is 5.74. The van der Waals surface area contributed by atoms with Crippen LogP contribution in [-0.2, 0) is 14.3 Å². The number of esters is 1. The highest BCUT2D eigenvalue weighted by Gasteiger charge is 2.21. The van der Waals surface area contributed by atoms with E-state index in [2.05, 4.69) is 4.74 Å². The average Bonchev–Trinajstić information content (AvgIpc) is 2.30. The second-order valence-electron chi connectivity index (χ2n) is 3.98. The van der Waals surface area contributed by atoms with Crippen molar-refractivity contribution in [2.45, 2.75) is 19.8 Å². The Morgan fingerprint density at radius 3 is 2.31 bits per heavy atom. The Morgan fingerprint density at radius 2 is 1.81 bits per heavy atom. The van der Waals surface area contributed by atoms with Crippen molar-refractivity contribution in [2.24, 2.45) is 0 Å². The molecule has 5 heteroatoms. The molecule has 0 aromatic carbocycles. The lowest BCUT2D eigenvalue weighted by molar-refractivity contribution is -0.142. The molecular formula is C11H20N2O3. The number of hydrogen-bond acceptors (Lipinski definition) is 4. The average molecular weight is 228 g/mol. The van der Waals surface area contributed by atoms with Gasteiger partial charge in [0.1, 0.15) is 0 Å². The molecule has 1 heterocycles. The highest BCUT2D eigenvalue weighted by atomic mass is 16.5. The van der Waals surface area contributed by atoms with Crippen LogP contribution in [0.25, 0.3) is 0 Å². The van der Waals surface area contributed by atoms with Crippen LogP contribution in [-0.4, -0.2) is 61.5 Å². The third-order valence-corrected chi connectivity index (χ3v) is 2.77. The Morgan fingerprint density at radius 1 is 1.19 bits per heavy atom. The molecule has 0 spiro atoms. The number of ether oxygens (including phenoxy) is 1. The first-order chi connectivity index (χ1) is 7.67. The molecule has 1 rings (SSSR count). The molecule has 1 fully saturated rings. The van der Waals surface area contributed by atoms with Gasteiger partial charge in [-0.3, -0.25) is 14.5 Å². The van der Waals surface area contributed by atoms with Crippen molar-refractivity contribution in [2.75, 3.05) is 39.8 Å². The van der Waals surface area contributed by atoms with Gasteiger partial charge in [0.25, 0.3) is 0 Å². The third kappa shape index (κ3) is 3.81. The normalized spacial score (nSPS) is 17.2. The Hall–Kier alpha value is -1.10. The molecule has 1 amide bonds. The molecule has 1 aliphatic heterocycles. The lowest BCUT2D eigenvalue weighted by Crippen LogP contribution is -2.49. The topological polar surface area (TPSA) is 49.9 Å². The summed E-state index contributed by atoms with van der Waals surface area (Å²) >= 11 is 0. The van der Waals surface area contributed by atoms with Gasteiger partial charge in [-0.15, -0.1) is 0 Å². The zero-order chi connectivity index (χ0) is 12.0. The van der Waals surface area contributed by atoms with Crippen molar-refractivity contribution < 1.29 is 14.3 Å². The Balaban J connectivity index is 2.28. The summed E-state index contributed by atoms with van der Waals surface area (Å²) in [6.07, 6.45) is 1.51. The van der Waals surface area contributed by atoms with Crippen molar-refractivity contribution in [3.63, 3.8) is 0 Å². The Bertz CT molecular complexity index is 248. The van der Waals surface area contributed by atoms with Gasteiger partial charge < -0.3 is 9.64 Å². The molecule has 5 nitrogen and oxygen atoms in total. The van der Waals surface area contributed by atoms with Crippen LogP contribution in [0.2, 0.25) is 0 Å². The zero-order valence-corrected chi connectivity index (χ0v) is 10.1. The van der Waals surface area contributed by atoms with Crippen molar-refractivity contribution in [1.82, 2.24) is 9.80 Å². The summed E-state index contributed by atoms with van der Waals surface area (Å²) in [5.74, 6) is 0.00792. The zero-order valence-electron chi connectivity index (χ0n) is 10.1. The maximum atomic E-state index is 11.6.